The Balaban J connectivity index is 1.70. The minimum Gasteiger partial charge on any atom is -0.321 e. The highest BCUT2D eigenvalue weighted by molar-refractivity contribution is 6.35. The molecular formula is C17H11Cl2N5O3. The van der Waals surface area contributed by atoms with Crippen LogP contribution in [0.25, 0.3) is 17.0 Å². The van der Waals surface area contributed by atoms with Crippen LogP contribution in [0.1, 0.15) is 10.4 Å². The average Bonchev–Trinajstić information content (AvgIpc) is 2.70. The van der Waals surface area contributed by atoms with Crippen molar-refractivity contribution in [1.29, 1.82) is 0 Å². The summed E-state index contributed by atoms with van der Waals surface area (Å²) in [6.45, 7) is 0. The van der Waals surface area contributed by atoms with E-state index in [9.17, 15) is 4.79 Å². The third-order valence-electron chi connectivity index (χ3n) is 3.56. The molecule has 136 valence electrons. The van der Waals surface area contributed by atoms with Gasteiger partial charge in [0.1, 0.15) is 10.8 Å². The van der Waals surface area contributed by atoms with E-state index in [0.717, 1.165) is 4.91 Å². The number of benzene rings is 2. The maximum absolute atomic E-state index is 12.4. The number of carbonyl (C=O) groups excluding carboxylic acids is 1. The molecule has 0 spiro atoms. The van der Waals surface area contributed by atoms with Crippen LogP contribution in [0.2, 0.25) is 10.2 Å². The van der Waals surface area contributed by atoms with Gasteiger partial charge in [0.2, 0.25) is 5.65 Å². The summed E-state index contributed by atoms with van der Waals surface area (Å²) in [5.74, 6) is -0.292. The van der Waals surface area contributed by atoms with E-state index >= 15 is 0 Å². The molecule has 0 saturated carbocycles. The number of carbonyl (C=O) groups is 1. The van der Waals surface area contributed by atoms with E-state index in [4.69, 9.17) is 32.4 Å². The molecule has 4 rings (SSSR count). The van der Waals surface area contributed by atoms with E-state index in [1.807, 2.05) is 6.07 Å². The first-order valence-corrected chi connectivity index (χ1v) is 8.46. The van der Waals surface area contributed by atoms with Gasteiger partial charge in [-0.05, 0) is 29.2 Å². The lowest BCUT2D eigenvalue weighted by Crippen LogP contribution is -2.12. The number of aromatic nitrogens is 4. The molecule has 4 aromatic rings. The lowest BCUT2D eigenvalue weighted by molar-refractivity contribution is 0.0713. The van der Waals surface area contributed by atoms with Gasteiger partial charge in [0.25, 0.3) is 11.6 Å². The van der Waals surface area contributed by atoms with Crippen LogP contribution in [0.4, 0.5) is 5.69 Å². The molecule has 2 heterocycles. The van der Waals surface area contributed by atoms with Crippen molar-refractivity contribution >= 4 is 46.2 Å². The Morgan fingerprint density at radius 1 is 1.11 bits per heavy atom. The van der Waals surface area contributed by atoms with Crippen LogP contribution in [-0.2, 0) is 0 Å². The van der Waals surface area contributed by atoms with Gasteiger partial charge in [-0.15, -0.1) is 0 Å². The molecule has 0 unspecified atom stereocenters. The van der Waals surface area contributed by atoms with Gasteiger partial charge in [-0.25, -0.2) is 9.97 Å². The summed E-state index contributed by atoms with van der Waals surface area (Å²) in [5.41, 5.74) is 1.62. The highest BCUT2D eigenvalue weighted by Gasteiger charge is 2.14. The summed E-state index contributed by atoms with van der Waals surface area (Å²) in [6.07, 6.45) is 1.34. The average molecular weight is 404 g/mol. The molecule has 2 N–H and O–H groups in total. The number of nitrogens with one attached hydrogen (secondary N) is 2. The standard InChI is InChI=1S/C17H11Cl2N5O3/c18-13-9-20-17-15(22-13)23-27-24(26-17)12-8-4-7-11(14(12)19)21-16(25)10-5-2-1-3-6-10/h1-9H,(H,21,25)(H,22,23). The fraction of sp³-hybridized carbons (Fsp3) is 0. The predicted molar refractivity (Wildman–Crippen MR) is 99.8 cm³/mol. The molecule has 1 amide bonds. The van der Waals surface area contributed by atoms with E-state index in [1.165, 1.54) is 6.20 Å². The monoisotopic (exact) mass is 403 g/mol. The smallest absolute Gasteiger partial charge is 0.296 e. The van der Waals surface area contributed by atoms with E-state index in [-0.39, 0.29) is 27.4 Å². The Bertz CT molecular complexity index is 1160. The molecular weight excluding hydrogens is 393 g/mol. The summed E-state index contributed by atoms with van der Waals surface area (Å²) in [6, 6.07) is 13.8. The van der Waals surface area contributed by atoms with Crippen LogP contribution < -0.4 is 5.32 Å². The Kier molecular flexibility index (Phi) is 4.57. The van der Waals surface area contributed by atoms with E-state index in [0.29, 0.717) is 16.9 Å². The number of halogens is 2. The highest BCUT2D eigenvalue weighted by atomic mass is 35.5. The van der Waals surface area contributed by atoms with Crippen molar-refractivity contribution < 1.29 is 13.9 Å². The number of hydrogen-bond donors (Lipinski definition) is 2. The van der Waals surface area contributed by atoms with Crippen molar-refractivity contribution in [3.8, 4) is 5.69 Å². The second-order valence-electron chi connectivity index (χ2n) is 5.35. The zero-order valence-electron chi connectivity index (χ0n) is 13.5. The van der Waals surface area contributed by atoms with Gasteiger partial charge >= 0.3 is 0 Å². The topological polar surface area (TPSA) is 102 Å². The first-order valence-electron chi connectivity index (χ1n) is 7.70. The van der Waals surface area contributed by atoms with Crippen LogP contribution in [-0.4, -0.2) is 25.9 Å². The molecule has 2 aromatic heterocycles. The number of anilines is 1. The largest absolute Gasteiger partial charge is 0.321 e. The van der Waals surface area contributed by atoms with E-state index in [2.05, 4.69) is 20.4 Å². The Morgan fingerprint density at radius 2 is 1.93 bits per heavy atom. The van der Waals surface area contributed by atoms with Crippen molar-refractivity contribution in [3.05, 3.63) is 70.5 Å². The summed E-state index contributed by atoms with van der Waals surface area (Å²) in [5, 5.41) is 5.72. The van der Waals surface area contributed by atoms with Crippen LogP contribution >= 0.6 is 23.2 Å². The molecule has 0 saturated heterocycles. The number of aromatic amines is 1. The zero-order valence-corrected chi connectivity index (χ0v) is 15.0. The van der Waals surface area contributed by atoms with Crippen molar-refractivity contribution in [2.24, 2.45) is 0 Å². The maximum atomic E-state index is 12.4. The first-order chi connectivity index (χ1) is 13.1. The molecule has 0 bridgehead atoms. The summed E-state index contributed by atoms with van der Waals surface area (Å²) >= 11 is 12.2. The molecule has 27 heavy (non-hydrogen) atoms. The Hall–Kier alpha value is -3.23. The van der Waals surface area contributed by atoms with E-state index < -0.39 is 0 Å². The van der Waals surface area contributed by atoms with Crippen molar-refractivity contribution in [3.63, 3.8) is 0 Å². The Labute approximate surface area is 161 Å². The lowest BCUT2D eigenvalue weighted by atomic mass is 10.2. The number of fused-ring (bicyclic) bond motifs is 1. The van der Waals surface area contributed by atoms with Gasteiger partial charge in [0.05, 0.1) is 16.9 Å². The van der Waals surface area contributed by atoms with Crippen molar-refractivity contribution in [1.82, 2.24) is 20.0 Å². The summed E-state index contributed by atoms with van der Waals surface area (Å²) < 4.78 is 10.8. The molecule has 8 nitrogen and oxygen atoms in total. The number of rotatable bonds is 3. The Morgan fingerprint density at radius 3 is 2.74 bits per heavy atom. The van der Waals surface area contributed by atoms with Crippen molar-refractivity contribution in [2.75, 3.05) is 5.32 Å². The predicted octanol–water partition coefficient (Wildman–Crippen LogP) is 4.62. The minimum atomic E-state index is -0.292. The van der Waals surface area contributed by atoms with Crippen molar-refractivity contribution in [2.45, 2.75) is 0 Å². The van der Waals surface area contributed by atoms with Gasteiger partial charge in [-0.2, -0.15) is 5.16 Å². The third kappa shape index (κ3) is 3.53. The minimum absolute atomic E-state index is 0.153. The number of amides is 1. The number of H-pyrrole nitrogens is 1. The fourth-order valence-corrected chi connectivity index (χ4v) is 2.69. The van der Waals surface area contributed by atoms with Gasteiger partial charge in [0, 0.05) is 5.56 Å². The van der Waals surface area contributed by atoms with Crippen LogP contribution in [0.15, 0.2) is 63.9 Å². The van der Waals surface area contributed by atoms with Gasteiger partial charge in [-0.3, -0.25) is 9.42 Å². The molecule has 0 atom stereocenters. The molecule has 0 aliphatic carbocycles. The third-order valence-corrected chi connectivity index (χ3v) is 4.14. The molecule has 0 aliphatic rings. The number of hydrogen-bond acceptors (Lipinski definition) is 5. The van der Waals surface area contributed by atoms with E-state index in [1.54, 1.807) is 42.5 Å². The van der Waals surface area contributed by atoms with Gasteiger partial charge < -0.3 is 9.84 Å². The first kappa shape index (κ1) is 17.2. The highest BCUT2D eigenvalue weighted by Crippen LogP contribution is 2.29. The number of nitrogens with zero attached hydrogens (tertiary/aromatic N) is 3. The summed E-state index contributed by atoms with van der Waals surface area (Å²) in [4.78, 5) is 21.4. The quantitative estimate of drug-likeness (QED) is 0.519. The van der Waals surface area contributed by atoms with Crippen LogP contribution in [0, 0.1) is 0 Å². The molecule has 0 aliphatic heterocycles. The molecule has 10 heteroatoms. The second-order valence-corrected chi connectivity index (χ2v) is 6.11. The van der Waals surface area contributed by atoms with Gasteiger partial charge in [-0.1, -0.05) is 47.5 Å². The zero-order chi connectivity index (χ0) is 18.8. The second kappa shape index (κ2) is 7.18. The molecule has 2 aromatic carbocycles. The summed E-state index contributed by atoms with van der Waals surface area (Å²) in [7, 11) is 0. The fourth-order valence-electron chi connectivity index (χ4n) is 2.31. The van der Waals surface area contributed by atoms with Crippen LogP contribution in [0.3, 0.4) is 0 Å². The maximum Gasteiger partial charge on any atom is 0.296 e. The van der Waals surface area contributed by atoms with Crippen LogP contribution in [0.5, 0.6) is 0 Å². The molecule has 0 fully saturated rings. The molecule has 0 radical (unpaired) electrons. The normalized spacial score (nSPS) is 10.7. The SMILES string of the molecule is O=C(Nc1cccc(-n2o[nH]c3nc(Cl)cnc3o2)c1Cl)c1ccccc1. The lowest BCUT2D eigenvalue weighted by Gasteiger charge is -2.11. The van der Waals surface area contributed by atoms with Gasteiger partial charge in [0.15, 0.2) is 0 Å².